The molecule has 194 valence electrons. The number of esters is 2. The van der Waals surface area contributed by atoms with Gasteiger partial charge in [-0.3, -0.25) is 9.59 Å². The lowest BCUT2D eigenvalue weighted by Gasteiger charge is -2.11. The SMILES string of the molecule is CCCCCCOc1ccc(/C=C\C(=O)Nc2sc3c(c2C(=O)OC)[C@H](C(=O)OC)CC3)cc1OC. The van der Waals surface area contributed by atoms with Gasteiger partial charge in [0.1, 0.15) is 5.00 Å². The number of hydrogen-bond acceptors (Lipinski definition) is 8. The van der Waals surface area contributed by atoms with Gasteiger partial charge >= 0.3 is 11.9 Å². The Kier molecular flexibility index (Phi) is 9.93. The number of rotatable bonds is 12. The molecule has 1 aliphatic carbocycles. The summed E-state index contributed by atoms with van der Waals surface area (Å²) >= 11 is 1.28. The van der Waals surface area contributed by atoms with Gasteiger partial charge in [0, 0.05) is 11.0 Å². The monoisotopic (exact) mass is 515 g/mol. The first-order valence-corrected chi connectivity index (χ1v) is 12.9. The second kappa shape index (κ2) is 13.1. The molecule has 9 heteroatoms. The maximum atomic E-state index is 12.7. The largest absolute Gasteiger partial charge is 0.493 e. The van der Waals surface area contributed by atoms with Crippen LogP contribution in [0.1, 0.15) is 71.3 Å². The van der Waals surface area contributed by atoms with Crippen LogP contribution in [0.4, 0.5) is 5.00 Å². The number of anilines is 1. The number of carbonyl (C=O) groups excluding carboxylic acids is 3. The van der Waals surface area contributed by atoms with E-state index in [1.807, 2.05) is 12.1 Å². The van der Waals surface area contributed by atoms with Crippen molar-refractivity contribution in [1.29, 1.82) is 0 Å². The Morgan fingerprint density at radius 1 is 1.08 bits per heavy atom. The molecule has 0 fully saturated rings. The van der Waals surface area contributed by atoms with Gasteiger partial charge in [0.2, 0.25) is 5.91 Å². The number of methoxy groups -OCH3 is 3. The summed E-state index contributed by atoms with van der Waals surface area (Å²) in [5.41, 5.74) is 1.57. The number of nitrogens with one attached hydrogen (secondary N) is 1. The van der Waals surface area contributed by atoms with E-state index in [-0.39, 0.29) is 5.56 Å². The van der Waals surface area contributed by atoms with Crippen LogP contribution in [0.15, 0.2) is 24.3 Å². The standard InChI is InChI=1S/C27H33NO7S/c1-5-6-7-8-15-35-19-12-9-17(16-20(19)32-2)10-14-22(29)28-25-24(27(31)34-4)23-18(26(30)33-3)11-13-21(23)36-25/h9-10,12,14,16,18H,5-8,11,13,15H2,1-4H3,(H,28,29)/b14-10-/t18-/m1/s1. The van der Waals surface area contributed by atoms with E-state index < -0.39 is 23.8 Å². The predicted molar refractivity (Wildman–Crippen MR) is 139 cm³/mol. The fourth-order valence-corrected chi connectivity index (χ4v) is 5.45. The lowest BCUT2D eigenvalue weighted by Crippen LogP contribution is -2.16. The van der Waals surface area contributed by atoms with Crippen molar-refractivity contribution in [2.75, 3.05) is 33.3 Å². The summed E-state index contributed by atoms with van der Waals surface area (Å²) in [5.74, 6) is -0.716. The van der Waals surface area contributed by atoms with Gasteiger partial charge in [0.05, 0.1) is 39.4 Å². The molecule has 0 unspecified atom stereocenters. The highest BCUT2D eigenvalue weighted by atomic mass is 32.1. The van der Waals surface area contributed by atoms with E-state index in [0.717, 1.165) is 23.3 Å². The van der Waals surface area contributed by atoms with Gasteiger partial charge in [-0.25, -0.2) is 4.79 Å². The first-order chi connectivity index (χ1) is 17.4. The summed E-state index contributed by atoms with van der Waals surface area (Å²) < 4.78 is 21.1. The Labute approximate surface area is 215 Å². The molecule has 1 aromatic carbocycles. The average molecular weight is 516 g/mol. The van der Waals surface area contributed by atoms with Crippen molar-refractivity contribution in [2.45, 2.75) is 51.4 Å². The molecule has 3 rings (SSSR count). The number of hydrogen-bond donors (Lipinski definition) is 1. The van der Waals surface area contributed by atoms with Crippen LogP contribution in [0.5, 0.6) is 11.5 Å². The third-order valence-corrected chi connectivity index (χ3v) is 7.19. The smallest absolute Gasteiger partial charge is 0.341 e. The topological polar surface area (TPSA) is 100 Å². The van der Waals surface area contributed by atoms with E-state index in [4.69, 9.17) is 18.9 Å². The van der Waals surface area contributed by atoms with Gasteiger partial charge in [-0.2, -0.15) is 0 Å². The number of fused-ring (bicyclic) bond motifs is 1. The first kappa shape index (κ1) is 27.3. The van der Waals surface area contributed by atoms with Gasteiger partial charge in [0.25, 0.3) is 0 Å². The Morgan fingerprint density at radius 2 is 1.89 bits per heavy atom. The van der Waals surface area contributed by atoms with E-state index in [1.165, 1.54) is 44.5 Å². The summed E-state index contributed by atoms with van der Waals surface area (Å²) in [5, 5.41) is 3.13. The quantitative estimate of drug-likeness (QED) is 0.231. The van der Waals surface area contributed by atoms with Crippen molar-refractivity contribution in [3.63, 3.8) is 0 Å². The number of ether oxygens (including phenoxy) is 4. The average Bonchev–Trinajstić information content (AvgIpc) is 3.45. The molecular weight excluding hydrogens is 482 g/mol. The molecule has 0 spiro atoms. The van der Waals surface area contributed by atoms with Crippen LogP contribution >= 0.6 is 11.3 Å². The van der Waals surface area contributed by atoms with Crippen molar-refractivity contribution in [2.24, 2.45) is 0 Å². The van der Waals surface area contributed by atoms with Crippen molar-refractivity contribution >= 4 is 40.3 Å². The Balaban J connectivity index is 1.71. The van der Waals surface area contributed by atoms with Crippen LogP contribution < -0.4 is 14.8 Å². The van der Waals surface area contributed by atoms with Gasteiger partial charge in [-0.05, 0) is 48.6 Å². The first-order valence-electron chi connectivity index (χ1n) is 12.0. The van der Waals surface area contributed by atoms with Crippen LogP contribution in [-0.2, 0) is 25.5 Å². The molecule has 0 aliphatic heterocycles. The number of aryl methyl sites for hydroxylation is 1. The summed E-state index contributed by atoms with van der Waals surface area (Å²) in [4.78, 5) is 38.3. The molecule has 1 amide bonds. The normalized spacial score (nSPS) is 14.4. The number of benzene rings is 1. The number of unbranched alkanes of at least 4 members (excludes halogenated alkanes) is 3. The lowest BCUT2D eigenvalue weighted by atomic mass is 9.99. The molecule has 0 radical (unpaired) electrons. The molecule has 2 aromatic rings. The number of amides is 1. The number of thiophene rings is 1. The summed E-state index contributed by atoms with van der Waals surface area (Å²) in [6.07, 6.45) is 8.69. The van der Waals surface area contributed by atoms with E-state index in [1.54, 1.807) is 19.3 Å². The van der Waals surface area contributed by atoms with Crippen molar-refractivity contribution in [3.8, 4) is 11.5 Å². The van der Waals surface area contributed by atoms with Gasteiger partial charge in [-0.15, -0.1) is 11.3 Å². The maximum absolute atomic E-state index is 12.7. The van der Waals surface area contributed by atoms with E-state index in [0.29, 0.717) is 41.5 Å². The summed E-state index contributed by atoms with van der Waals surface area (Å²) in [6, 6.07) is 5.46. The molecule has 1 heterocycles. The zero-order chi connectivity index (χ0) is 26.1. The lowest BCUT2D eigenvalue weighted by molar-refractivity contribution is -0.142. The molecule has 8 nitrogen and oxygen atoms in total. The molecule has 0 bridgehead atoms. The summed E-state index contributed by atoms with van der Waals surface area (Å²) in [6.45, 7) is 2.79. The molecule has 1 aromatic heterocycles. The van der Waals surface area contributed by atoms with Crippen LogP contribution in [0.25, 0.3) is 6.08 Å². The highest BCUT2D eigenvalue weighted by Crippen LogP contribution is 2.45. The van der Waals surface area contributed by atoms with Gasteiger partial charge in [0.15, 0.2) is 11.5 Å². The highest BCUT2D eigenvalue weighted by Gasteiger charge is 2.38. The summed E-state index contributed by atoms with van der Waals surface area (Å²) in [7, 11) is 4.16. The van der Waals surface area contributed by atoms with Gasteiger partial charge < -0.3 is 24.3 Å². The number of carbonyl (C=O) groups is 3. The van der Waals surface area contributed by atoms with Crippen LogP contribution in [-0.4, -0.2) is 45.8 Å². The fraction of sp³-hybridized carbons (Fsp3) is 0.444. The third-order valence-electron chi connectivity index (χ3n) is 6.01. The van der Waals surface area contributed by atoms with Gasteiger partial charge in [-0.1, -0.05) is 32.3 Å². The van der Waals surface area contributed by atoms with Crippen molar-refractivity contribution in [3.05, 3.63) is 45.8 Å². The van der Waals surface area contributed by atoms with Crippen LogP contribution in [0.3, 0.4) is 0 Å². The Morgan fingerprint density at radius 3 is 2.58 bits per heavy atom. The Hall–Kier alpha value is -3.33. The third kappa shape index (κ3) is 6.46. The minimum atomic E-state index is -0.599. The zero-order valence-corrected chi connectivity index (χ0v) is 22.0. The van der Waals surface area contributed by atoms with E-state index >= 15 is 0 Å². The second-order valence-corrected chi connectivity index (χ2v) is 9.50. The molecule has 36 heavy (non-hydrogen) atoms. The maximum Gasteiger partial charge on any atom is 0.341 e. The highest BCUT2D eigenvalue weighted by molar-refractivity contribution is 7.17. The molecule has 0 saturated carbocycles. The predicted octanol–water partition coefficient (Wildman–Crippen LogP) is 5.36. The van der Waals surface area contributed by atoms with E-state index in [2.05, 4.69) is 12.2 Å². The fourth-order valence-electron chi connectivity index (χ4n) is 4.18. The van der Waals surface area contributed by atoms with E-state index in [9.17, 15) is 14.4 Å². The molecule has 1 N–H and O–H groups in total. The van der Waals surface area contributed by atoms with Crippen LogP contribution in [0.2, 0.25) is 0 Å². The van der Waals surface area contributed by atoms with Crippen LogP contribution in [0, 0.1) is 0 Å². The van der Waals surface area contributed by atoms with Crippen molar-refractivity contribution < 1.29 is 33.3 Å². The minimum absolute atomic E-state index is 0.217. The molecule has 1 atom stereocenters. The second-order valence-electron chi connectivity index (χ2n) is 8.39. The molecule has 0 saturated heterocycles. The molecular formula is C27H33NO7S. The Bertz CT molecular complexity index is 1120. The van der Waals surface area contributed by atoms with Crippen molar-refractivity contribution in [1.82, 2.24) is 0 Å². The zero-order valence-electron chi connectivity index (χ0n) is 21.2. The minimum Gasteiger partial charge on any atom is -0.493 e. The molecule has 1 aliphatic rings.